The Balaban J connectivity index is 1.70. The molecule has 28 heavy (non-hydrogen) atoms. The number of carbonyl (C=O) groups is 1. The van der Waals surface area contributed by atoms with Crippen LogP contribution in [0.4, 0.5) is 15.0 Å². The molecular formula is C20H27FN4O3. The van der Waals surface area contributed by atoms with E-state index in [4.69, 9.17) is 15.2 Å². The topological polar surface area (TPSA) is 102 Å². The first-order valence-corrected chi connectivity index (χ1v) is 9.38. The number of amides is 1. The summed E-state index contributed by atoms with van der Waals surface area (Å²) in [6.07, 6.45) is 1.57. The van der Waals surface area contributed by atoms with E-state index in [0.29, 0.717) is 23.4 Å². The van der Waals surface area contributed by atoms with Gasteiger partial charge < -0.3 is 20.5 Å². The van der Waals surface area contributed by atoms with E-state index in [1.807, 2.05) is 27.7 Å². The number of anilines is 1. The van der Waals surface area contributed by atoms with E-state index in [-0.39, 0.29) is 18.0 Å². The number of aromatic nitrogens is 2. The molecule has 2 aromatic rings. The molecule has 0 saturated heterocycles. The largest absolute Gasteiger partial charge is 0.490 e. The highest BCUT2D eigenvalue weighted by Crippen LogP contribution is 2.36. The van der Waals surface area contributed by atoms with Crippen LogP contribution in [0.2, 0.25) is 0 Å². The van der Waals surface area contributed by atoms with Crippen LogP contribution in [0, 0.1) is 12.7 Å². The number of ether oxygens (including phenoxy) is 2. The number of rotatable bonds is 4. The number of nitrogens with one attached hydrogen (secondary N) is 2. The quantitative estimate of drug-likeness (QED) is 0.734. The van der Waals surface area contributed by atoms with E-state index in [1.54, 1.807) is 12.1 Å². The second kappa shape index (κ2) is 7.69. The lowest BCUT2D eigenvalue weighted by Crippen LogP contribution is -2.38. The number of aromatic amines is 1. The van der Waals surface area contributed by atoms with Crippen molar-refractivity contribution in [3.63, 3.8) is 0 Å². The molecule has 1 aromatic carbocycles. The van der Waals surface area contributed by atoms with Gasteiger partial charge in [-0.2, -0.15) is 5.10 Å². The summed E-state index contributed by atoms with van der Waals surface area (Å²) in [4.78, 5) is 12.0. The normalized spacial score (nSPS) is 19.5. The minimum Gasteiger partial charge on any atom is -0.490 e. The zero-order valence-electron chi connectivity index (χ0n) is 16.6. The Morgan fingerprint density at radius 3 is 2.71 bits per heavy atom. The number of H-pyrrole nitrogens is 1. The number of carbonyl (C=O) groups excluding carboxylic acids is 1. The van der Waals surface area contributed by atoms with Crippen molar-refractivity contribution < 1.29 is 18.7 Å². The highest BCUT2D eigenvalue weighted by atomic mass is 19.1. The summed E-state index contributed by atoms with van der Waals surface area (Å²) in [5.74, 6) is 0.313. The van der Waals surface area contributed by atoms with E-state index >= 15 is 0 Å². The Bertz CT molecular complexity index is 860. The molecule has 2 atom stereocenters. The van der Waals surface area contributed by atoms with Crippen molar-refractivity contribution in [2.45, 2.75) is 64.7 Å². The highest BCUT2D eigenvalue weighted by molar-refractivity contribution is 5.70. The molecule has 1 saturated carbocycles. The van der Waals surface area contributed by atoms with Crippen LogP contribution < -0.4 is 15.8 Å². The third-order valence-corrected chi connectivity index (χ3v) is 4.46. The molecule has 152 valence electrons. The summed E-state index contributed by atoms with van der Waals surface area (Å²) < 4.78 is 26.1. The summed E-state index contributed by atoms with van der Waals surface area (Å²) >= 11 is 0. The van der Waals surface area contributed by atoms with Gasteiger partial charge in [0.25, 0.3) is 0 Å². The second-order valence-corrected chi connectivity index (χ2v) is 8.22. The van der Waals surface area contributed by atoms with Crippen molar-refractivity contribution in [2.75, 3.05) is 5.73 Å². The standard InChI is InChI=1S/C20H27FN4O3/c1-11-7-14(21)18(15-10-17(22)25-24-15)16(8-11)27-13-6-5-12(9-13)23-19(26)28-20(2,3)4/h7-8,10,12-13H,5-6,9H2,1-4H3,(H,23,26)(H3,22,24,25)/t12-,13-/m1/s1. The molecule has 0 radical (unpaired) electrons. The summed E-state index contributed by atoms with van der Waals surface area (Å²) in [6, 6.07) is 4.77. The van der Waals surface area contributed by atoms with Gasteiger partial charge in [-0.3, -0.25) is 5.10 Å². The Morgan fingerprint density at radius 2 is 2.07 bits per heavy atom. The molecule has 0 spiro atoms. The Kier molecular flexibility index (Phi) is 5.49. The summed E-state index contributed by atoms with van der Waals surface area (Å²) in [5.41, 5.74) is 6.64. The molecule has 4 N–H and O–H groups in total. The van der Waals surface area contributed by atoms with Crippen LogP contribution in [0.25, 0.3) is 11.3 Å². The number of nitrogen functional groups attached to an aromatic ring is 1. The number of hydrogen-bond donors (Lipinski definition) is 3. The lowest BCUT2D eigenvalue weighted by molar-refractivity contribution is 0.0503. The number of hydrogen-bond acceptors (Lipinski definition) is 5. The van der Waals surface area contributed by atoms with Crippen LogP contribution in [-0.2, 0) is 4.74 Å². The third-order valence-electron chi connectivity index (χ3n) is 4.46. The molecule has 1 heterocycles. The lowest BCUT2D eigenvalue weighted by atomic mass is 10.1. The minimum atomic E-state index is -0.543. The summed E-state index contributed by atoms with van der Waals surface area (Å²) in [5, 5.41) is 9.48. The van der Waals surface area contributed by atoms with E-state index in [1.165, 1.54) is 6.07 Å². The molecule has 0 unspecified atom stereocenters. The Hall–Kier alpha value is -2.77. The van der Waals surface area contributed by atoms with Crippen molar-refractivity contribution in [1.82, 2.24) is 15.5 Å². The predicted octanol–water partition coefficient (Wildman–Crippen LogP) is 3.93. The molecule has 1 aliphatic carbocycles. The number of halogens is 1. The Morgan fingerprint density at radius 1 is 1.32 bits per heavy atom. The fraction of sp³-hybridized carbons (Fsp3) is 0.500. The maximum atomic E-state index is 14.6. The molecule has 8 heteroatoms. The zero-order valence-corrected chi connectivity index (χ0v) is 16.6. The fourth-order valence-corrected chi connectivity index (χ4v) is 3.36. The minimum absolute atomic E-state index is 0.0410. The lowest BCUT2D eigenvalue weighted by Gasteiger charge is -2.22. The number of alkyl carbamates (subject to hydrolysis) is 1. The van der Waals surface area contributed by atoms with Crippen molar-refractivity contribution in [1.29, 1.82) is 0 Å². The van der Waals surface area contributed by atoms with Crippen LogP contribution >= 0.6 is 0 Å². The van der Waals surface area contributed by atoms with Crippen LogP contribution in [0.15, 0.2) is 18.2 Å². The van der Waals surface area contributed by atoms with Gasteiger partial charge in [-0.15, -0.1) is 0 Å². The molecular weight excluding hydrogens is 363 g/mol. The molecule has 1 fully saturated rings. The molecule has 3 rings (SSSR count). The number of nitrogens with two attached hydrogens (primary N) is 1. The fourth-order valence-electron chi connectivity index (χ4n) is 3.36. The average Bonchev–Trinajstić information content (AvgIpc) is 3.14. The molecule has 7 nitrogen and oxygen atoms in total. The maximum Gasteiger partial charge on any atom is 0.407 e. The van der Waals surface area contributed by atoms with Gasteiger partial charge in [0.05, 0.1) is 11.3 Å². The van der Waals surface area contributed by atoms with Crippen LogP contribution in [0.3, 0.4) is 0 Å². The third kappa shape index (κ3) is 4.94. The molecule has 0 bridgehead atoms. The van der Waals surface area contributed by atoms with E-state index in [9.17, 15) is 9.18 Å². The SMILES string of the molecule is Cc1cc(F)c(-c2cc(N)n[nH]2)c(O[C@@H]2CC[C@@H](NC(=O)OC(C)(C)C)C2)c1. The van der Waals surface area contributed by atoms with Crippen LogP contribution in [-0.4, -0.2) is 34.0 Å². The summed E-state index contributed by atoms with van der Waals surface area (Å²) in [6.45, 7) is 7.28. The van der Waals surface area contributed by atoms with Crippen LogP contribution in [0.5, 0.6) is 5.75 Å². The van der Waals surface area contributed by atoms with Gasteiger partial charge in [-0.1, -0.05) is 0 Å². The number of benzene rings is 1. The van der Waals surface area contributed by atoms with Gasteiger partial charge in [0.1, 0.15) is 29.1 Å². The van der Waals surface area contributed by atoms with Gasteiger partial charge in [-0.05, 0) is 58.2 Å². The molecule has 0 aliphatic heterocycles. The van der Waals surface area contributed by atoms with E-state index < -0.39 is 17.5 Å². The monoisotopic (exact) mass is 390 g/mol. The summed E-state index contributed by atoms with van der Waals surface area (Å²) in [7, 11) is 0. The van der Waals surface area contributed by atoms with Crippen molar-refractivity contribution in [3.8, 4) is 17.0 Å². The first-order chi connectivity index (χ1) is 13.1. The van der Waals surface area contributed by atoms with Crippen molar-refractivity contribution in [3.05, 3.63) is 29.6 Å². The highest BCUT2D eigenvalue weighted by Gasteiger charge is 2.30. The molecule has 1 amide bonds. The molecule has 1 aromatic heterocycles. The molecule has 1 aliphatic rings. The average molecular weight is 390 g/mol. The van der Waals surface area contributed by atoms with Gasteiger partial charge >= 0.3 is 6.09 Å². The van der Waals surface area contributed by atoms with Gasteiger partial charge in [0, 0.05) is 18.5 Å². The van der Waals surface area contributed by atoms with E-state index in [2.05, 4.69) is 15.5 Å². The number of aryl methyl sites for hydroxylation is 1. The van der Waals surface area contributed by atoms with Gasteiger partial charge in [-0.25, -0.2) is 9.18 Å². The van der Waals surface area contributed by atoms with Crippen molar-refractivity contribution in [2.24, 2.45) is 0 Å². The zero-order chi connectivity index (χ0) is 20.5. The number of nitrogens with zero attached hydrogens (tertiary/aromatic N) is 1. The maximum absolute atomic E-state index is 14.6. The van der Waals surface area contributed by atoms with E-state index in [0.717, 1.165) is 18.4 Å². The van der Waals surface area contributed by atoms with Gasteiger partial charge in [0.15, 0.2) is 0 Å². The first-order valence-electron chi connectivity index (χ1n) is 9.38. The second-order valence-electron chi connectivity index (χ2n) is 8.22. The smallest absolute Gasteiger partial charge is 0.407 e. The first kappa shape index (κ1) is 20.0. The predicted molar refractivity (Wildman–Crippen MR) is 105 cm³/mol. The van der Waals surface area contributed by atoms with Crippen LogP contribution in [0.1, 0.15) is 45.6 Å². The van der Waals surface area contributed by atoms with Crippen molar-refractivity contribution >= 4 is 11.9 Å². The Labute approximate surface area is 163 Å². The van der Waals surface area contributed by atoms with Gasteiger partial charge in [0.2, 0.25) is 0 Å².